The van der Waals surface area contributed by atoms with Crippen LogP contribution in [0.5, 0.6) is 0 Å². The van der Waals surface area contributed by atoms with Gasteiger partial charge in [0, 0.05) is 13.2 Å². The molecule has 0 aliphatic carbocycles. The van der Waals surface area contributed by atoms with Gasteiger partial charge in [-0.1, -0.05) is 26.7 Å². The molecule has 102 valence electrons. The number of rotatable bonds is 6. The summed E-state index contributed by atoms with van der Waals surface area (Å²) in [7, 11) is -1.86. The number of aromatic nitrogens is 1. The zero-order chi connectivity index (χ0) is 13.8. The lowest BCUT2D eigenvalue weighted by molar-refractivity contribution is 0.0973. The fourth-order valence-electron chi connectivity index (χ4n) is 1.77. The summed E-state index contributed by atoms with van der Waals surface area (Å²) in [6.07, 6.45) is 3.27. The molecule has 0 unspecified atom stereocenters. The molecule has 5 nitrogen and oxygen atoms in total. The molecule has 1 N–H and O–H groups in total. The number of amides is 1. The minimum atomic E-state index is -3.56. The third-order valence-corrected chi connectivity index (χ3v) is 4.44. The van der Waals surface area contributed by atoms with Crippen LogP contribution >= 0.6 is 0 Å². The third-order valence-electron chi connectivity index (χ3n) is 3.03. The molecule has 0 aliphatic heterocycles. The first-order valence-corrected chi connectivity index (χ1v) is 7.71. The van der Waals surface area contributed by atoms with Crippen LogP contribution in [0, 0.1) is 5.92 Å². The highest BCUT2D eigenvalue weighted by Crippen LogP contribution is 2.10. The van der Waals surface area contributed by atoms with Crippen molar-refractivity contribution in [1.82, 2.24) is 9.29 Å². The number of hydrogen-bond acceptors (Lipinski definition) is 3. The number of nitrogens with zero attached hydrogens (tertiary/aromatic N) is 1. The molecule has 0 aliphatic rings. The van der Waals surface area contributed by atoms with Gasteiger partial charge in [-0.3, -0.25) is 4.79 Å². The summed E-state index contributed by atoms with van der Waals surface area (Å²) >= 11 is 0. The van der Waals surface area contributed by atoms with Crippen molar-refractivity contribution in [1.29, 1.82) is 0 Å². The fourth-order valence-corrected chi connectivity index (χ4v) is 3.33. The number of hydrogen-bond donors (Lipinski definition) is 1. The van der Waals surface area contributed by atoms with Crippen molar-refractivity contribution in [3.63, 3.8) is 0 Å². The van der Waals surface area contributed by atoms with Gasteiger partial charge in [-0.15, -0.1) is 0 Å². The van der Waals surface area contributed by atoms with E-state index in [1.165, 1.54) is 0 Å². The molecule has 1 rings (SSSR count). The van der Waals surface area contributed by atoms with Crippen LogP contribution in [0.15, 0.2) is 18.3 Å². The molecule has 1 heterocycles. The molecule has 0 fully saturated rings. The van der Waals surface area contributed by atoms with Crippen molar-refractivity contribution in [3.8, 4) is 0 Å². The Morgan fingerprint density at radius 2 is 2.00 bits per heavy atom. The average Bonchev–Trinajstić information content (AvgIpc) is 2.71. The average molecular weight is 272 g/mol. The second kappa shape index (κ2) is 6.04. The van der Waals surface area contributed by atoms with Crippen molar-refractivity contribution in [2.24, 2.45) is 13.0 Å². The van der Waals surface area contributed by atoms with E-state index in [9.17, 15) is 13.2 Å². The highest BCUT2D eigenvalue weighted by molar-refractivity contribution is 7.90. The molecule has 18 heavy (non-hydrogen) atoms. The topological polar surface area (TPSA) is 68.2 Å². The number of aryl methyl sites for hydroxylation is 1. The van der Waals surface area contributed by atoms with Crippen LogP contribution in [0.3, 0.4) is 0 Å². The van der Waals surface area contributed by atoms with Crippen molar-refractivity contribution in [3.05, 3.63) is 24.0 Å². The van der Waals surface area contributed by atoms with E-state index >= 15 is 0 Å². The Hall–Kier alpha value is -1.30. The Labute approximate surface area is 108 Å². The molecule has 0 saturated heterocycles. The van der Waals surface area contributed by atoms with Crippen LogP contribution in [-0.4, -0.2) is 24.6 Å². The highest BCUT2D eigenvalue weighted by Gasteiger charge is 2.20. The van der Waals surface area contributed by atoms with E-state index in [0.29, 0.717) is 5.69 Å². The lowest BCUT2D eigenvalue weighted by Gasteiger charge is -2.13. The molecule has 6 heteroatoms. The molecule has 0 radical (unpaired) electrons. The van der Waals surface area contributed by atoms with E-state index in [1.54, 1.807) is 29.9 Å². The van der Waals surface area contributed by atoms with Crippen molar-refractivity contribution in [2.75, 3.05) is 5.75 Å². The molecule has 0 saturated carbocycles. The normalized spacial score (nSPS) is 11.8. The zero-order valence-electron chi connectivity index (χ0n) is 11.0. The molecule has 1 aromatic rings. The van der Waals surface area contributed by atoms with Gasteiger partial charge in [-0.2, -0.15) is 0 Å². The molecule has 0 aromatic carbocycles. The predicted octanol–water partition coefficient (Wildman–Crippen LogP) is 1.52. The lowest BCUT2D eigenvalue weighted by Crippen LogP contribution is -2.35. The lowest BCUT2D eigenvalue weighted by atomic mass is 10.1. The van der Waals surface area contributed by atoms with Crippen LogP contribution in [0.1, 0.15) is 37.2 Å². The number of sulfonamides is 1. The maximum Gasteiger partial charge on any atom is 0.281 e. The zero-order valence-corrected chi connectivity index (χ0v) is 11.8. The monoisotopic (exact) mass is 272 g/mol. The van der Waals surface area contributed by atoms with E-state index in [1.807, 2.05) is 13.8 Å². The van der Waals surface area contributed by atoms with Gasteiger partial charge < -0.3 is 4.57 Å². The van der Waals surface area contributed by atoms with Gasteiger partial charge in [0.05, 0.1) is 5.75 Å². The first-order valence-electron chi connectivity index (χ1n) is 6.05. The SMILES string of the molecule is CCC(CC)CS(=O)(=O)NC(=O)c1cccn1C. The second-order valence-corrected chi connectivity index (χ2v) is 6.17. The smallest absolute Gasteiger partial charge is 0.281 e. The molecule has 0 spiro atoms. The van der Waals surface area contributed by atoms with E-state index in [-0.39, 0.29) is 11.7 Å². The number of nitrogens with one attached hydrogen (secondary N) is 1. The first-order chi connectivity index (χ1) is 8.39. The Morgan fingerprint density at radius 3 is 2.44 bits per heavy atom. The Balaban J connectivity index is 2.72. The highest BCUT2D eigenvalue weighted by atomic mass is 32.2. The minimum absolute atomic E-state index is 0.00381. The van der Waals surface area contributed by atoms with Crippen LogP contribution in [0.4, 0.5) is 0 Å². The maximum atomic E-state index is 11.8. The fraction of sp³-hybridized carbons (Fsp3) is 0.583. The van der Waals surface area contributed by atoms with Gasteiger partial charge in [0.1, 0.15) is 5.69 Å². The van der Waals surface area contributed by atoms with E-state index in [0.717, 1.165) is 12.8 Å². The van der Waals surface area contributed by atoms with Crippen molar-refractivity contribution >= 4 is 15.9 Å². The Bertz CT molecular complexity index is 501. The van der Waals surface area contributed by atoms with Gasteiger partial charge in [0.2, 0.25) is 10.0 Å². The maximum absolute atomic E-state index is 11.8. The first kappa shape index (κ1) is 14.8. The third kappa shape index (κ3) is 3.87. The van der Waals surface area contributed by atoms with E-state index < -0.39 is 15.9 Å². The van der Waals surface area contributed by atoms with Crippen LogP contribution in [-0.2, 0) is 17.1 Å². The van der Waals surface area contributed by atoms with Crippen LogP contribution in [0.25, 0.3) is 0 Å². The van der Waals surface area contributed by atoms with Gasteiger partial charge in [0.15, 0.2) is 0 Å². The standard InChI is InChI=1S/C12H20N2O3S/c1-4-10(5-2)9-18(16,17)13-12(15)11-7-6-8-14(11)3/h6-8,10H,4-5,9H2,1-3H3,(H,13,15). The van der Waals surface area contributed by atoms with Gasteiger partial charge in [0.25, 0.3) is 5.91 Å². The minimum Gasteiger partial charge on any atom is -0.347 e. The molecular weight excluding hydrogens is 252 g/mol. The van der Waals surface area contributed by atoms with E-state index in [2.05, 4.69) is 4.72 Å². The summed E-state index contributed by atoms with van der Waals surface area (Å²) in [5, 5.41) is 0. The Kier molecular flexibility index (Phi) is 4.95. The Morgan fingerprint density at radius 1 is 1.39 bits per heavy atom. The summed E-state index contributed by atoms with van der Waals surface area (Å²) in [4.78, 5) is 11.8. The summed E-state index contributed by atoms with van der Waals surface area (Å²) in [5.41, 5.74) is 0.336. The quantitative estimate of drug-likeness (QED) is 0.853. The van der Waals surface area contributed by atoms with Gasteiger partial charge in [-0.25, -0.2) is 13.1 Å². The summed E-state index contributed by atoms with van der Waals surface area (Å²) < 4.78 is 27.4. The van der Waals surface area contributed by atoms with Crippen molar-refractivity contribution < 1.29 is 13.2 Å². The summed E-state index contributed by atoms with van der Waals surface area (Å²) in [6.45, 7) is 3.89. The second-order valence-electron chi connectivity index (χ2n) is 4.40. The molecule has 1 aromatic heterocycles. The molecule has 0 bridgehead atoms. The molecular formula is C12H20N2O3S. The number of carbonyl (C=O) groups excluding carboxylic acids is 1. The van der Waals surface area contributed by atoms with E-state index in [4.69, 9.17) is 0 Å². The van der Waals surface area contributed by atoms with Crippen LogP contribution < -0.4 is 4.72 Å². The van der Waals surface area contributed by atoms with Crippen LogP contribution in [0.2, 0.25) is 0 Å². The van der Waals surface area contributed by atoms with Gasteiger partial charge >= 0.3 is 0 Å². The summed E-state index contributed by atoms with van der Waals surface area (Å²) in [6, 6.07) is 3.28. The molecule has 0 atom stereocenters. The van der Waals surface area contributed by atoms with Crippen molar-refractivity contribution in [2.45, 2.75) is 26.7 Å². The number of carbonyl (C=O) groups is 1. The molecule has 1 amide bonds. The summed E-state index contributed by atoms with van der Waals surface area (Å²) in [5.74, 6) is -0.493. The predicted molar refractivity (Wildman–Crippen MR) is 70.7 cm³/mol. The largest absolute Gasteiger partial charge is 0.347 e. The van der Waals surface area contributed by atoms with Gasteiger partial charge in [-0.05, 0) is 18.1 Å².